The van der Waals surface area contributed by atoms with E-state index < -0.39 is 29.6 Å². The summed E-state index contributed by atoms with van der Waals surface area (Å²) < 4.78 is 35.7. The zero-order valence-electron chi connectivity index (χ0n) is 13.5. The number of halogens is 2. The summed E-state index contributed by atoms with van der Waals surface area (Å²) >= 11 is 0. The molecule has 0 saturated heterocycles. The number of nitrogens with one attached hydrogen (secondary N) is 1. The topological polar surface area (TPSA) is 64.6 Å². The molecule has 0 bridgehead atoms. The standard InChI is InChI=1S/C18H17F2NO4/c1-24-18(23)10-16(12-2-4-13(19)5-3-12)21-17(22)11-25-15-8-6-14(20)7-9-15/h2-9,16H,10-11H2,1H3,(H,21,22)/t16-/m0/s1. The largest absolute Gasteiger partial charge is 0.484 e. The lowest BCUT2D eigenvalue weighted by Crippen LogP contribution is -2.34. The molecule has 25 heavy (non-hydrogen) atoms. The number of carbonyl (C=O) groups excluding carboxylic acids is 2. The minimum Gasteiger partial charge on any atom is -0.484 e. The second-order valence-corrected chi connectivity index (χ2v) is 5.19. The van der Waals surface area contributed by atoms with E-state index in [-0.39, 0.29) is 13.0 Å². The van der Waals surface area contributed by atoms with Crippen molar-refractivity contribution in [2.45, 2.75) is 12.5 Å². The van der Waals surface area contributed by atoms with Crippen LogP contribution in [0.4, 0.5) is 8.78 Å². The maximum atomic E-state index is 13.1. The molecule has 0 radical (unpaired) electrons. The van der Waals surface area contributed by atoms with E-state index in [1.807, 2.05) is 0 Å². The van der Waals surface area contributed by atoms with Gasteiger partial charge in [-0.05, 0) is 42.0 Å². The third kappa shape index (κ3) is 5.87. The number of rotatable bonds is 7. The van der Waals surface area contributed by atoms with Crippen LogP contribution in [0.2, 0.25) is 0 Å². The van der Waals surface area contributed by atoms with E-state index in [2.05, 4.69) is 10.1 Å². The predicted molar refractivity (Wildman–Crippen MR) is 85.8 cm³/mol. The summed E-state index contributed by atoms with van der Waals surface area (Å²) in [4.78, 5) is 23.6. The van der Waals surface area contributed by atoms with Crippen LogP contribution in [-0.4, -0.2) is 25.6 Å². The summed E-state index contributed by atoms with van der Waals surface area (Å²) in [5.74, 6) is -1.50. The molecule has 2 aromatic rings. The fourth-order valence-corrected chi connectivity index (χ4v) is 2.11. The van der Waals surface area contributed by atoms with E-state index in [9.17, 15) is 18.4 Å². The van der Waals surface area contributed by atoms with Crippen molar-refractivity contribution in [3.05, 3.63) is 65.7 Å². The van der Waals surface area contributed by atoms with Gasteiger partial charge >= 0.3 is 5.97 Å². The van der Waals surface area contributed by atoms with Crippen LogP contribution < -0.4 is 10.1 Å². The Morgan fingerprint density at radius 1 is 1.00 bits per heavy atom. The molecular formula is C18H17F2NO4. The molecule has 0 saturated carbocycles. The Labute approximate surface area is 143 Å². The number of methoxy groups -OCH3 is 1. The Hall–Kier alpha value is -2.96. The molecule has 0 aliphatic rings. The monoisotopic (exact) mass is 349 g/mol. The molecule has 7 heteroatoms. The quantitative estimate of drug-likeness (QED) is 0.781. The molecule has 2 aromatic carbocycles. The molecule has 0 aliphatic heterocycles. The summed E-state index contributed by atoms with van der Waals surface area (Å²) in [6.45, 7) is -0.315. The highest BCUT2D eigenvalue weighted by Gasteiger charge is 2.19. The molecule has 132 valence electrons. The van der Waals surface area contributed by atoms with Crippen molar-refractivity contribution in [3.8, 4) is 5.75 Å². The molecule has 0 fully saturated rings. The van der Waals surface area contributed by atoms with Crippen LogP contribution >= 0.6 is 0 Å². The van der Waals surface area contributed by atoms with Crippen molar-refractivity contribution in [1.29, 1.82) is 0 Å². The number of benzene rings is 2. The molecule has 1 atom stereocenters. The van der Waals surface area contributed by atoms with Crippen molar-refractivity contribution in [2.24, 2.45) is 0 Å². The first-order chi connectivity index (χ1) is 12.0. The molecule has 0 aliphatic carbocycles. The van der Waals surface area contributed by atoms with Gasteiger partial charge in [-0.25, -0.2) is 8.78 Å². The Bertz CT molecular complexity index is 717. The molecule has 0 unspecified atom stereocenters. The Kier molecular flexibility index (Phi) is 6.45. The maximum absolute atomic E-state index is 13.1. The van der Waals surface area contributed by atoms with Crippen LogP contribution in [0.5, 0.6) is 5.75 Å². The first-order valence-electron chi connectivity index (χ1n) is 7.48. The van der Waals surface area contributed by atoms with Gasteiger partial charge in [0.05, 0.1) is 19.6 Å². The van der Waals surface area contributed by atoms with Gasteiger partial charge in [0.2, 0.25) is 0 Å². The number of carbonyl (C=O) groups is 2. The predicted octanol–water partition coefficient (Wildman–Crippen LogP) is 2.76. The van der Waals surface area contributed by atoms with E-state index >= 15 is 0 Å². The van der Waals surface area contributed by atoms with Crippen molar-refractivity contribution in [3.63, 3.8) is 0 Å². The lowest BCUT2D eigenvalue weighted by atomic mass is 10.0. The Morgan fingerprint density at radius 3 is 2.12 bits per heavy atom. The Morgan fingerprint density at radius 2 is 1.56 bits per heavy atom. The normalized spacial score (nSPS) is 11.5. The van der Waals surface area contributed by atoms with Gasteiger partial charge < -0.3 is 14.8 Å². The number of hydrogen-bond donors (Lipinski definition) is 1. The molecule has 5 nitrogen and oxygen atoms in total. The first kappa shape index (κ1) is 18.4. The third-order valence-corrected chi connectivity index (χ3v) is 3.39. The molecular weight excluding hydrogens is 332 g/mol. The molecule has 1 amide bonds. The van der Waals surface area contributed by atoms with Crippen LogP contribution in [0.25, 0.3) is 0 Å². The van der Waals surface area contributed by atoms with E-state index in [4.69, 9.17) is 4.74 Å². The molecule has 0 aromatic heterocycles. The van der Waals surface area contributed by atoms with Gasteiger partial charge in [0.15, 0.2) is 6.61 Å². The van der Waals surface area contributed by atoms with Crippen molar-refractivity contribution in [2.75, 3.05) is 13.7 Å². The zero-order valence-corrected chi connectivity index (χ0v) is 13.5. The smallest absolute Gasteiger partial charge is 0.307 e. The van der Waals surface area contributed by atoms with E-state index in [0.717, 1.165) is 0 Å². The van der Waals surface area contributed by atoms with Gasteiger partial charge in [0.1, 0.15) is 17.4 Å². The molecule has 0 heterocycles. The minimum atomic E-state index is -0.683. The molecule has 0 spiro atoms. The number of esters is 1. The number of amides is 1. The third-order valence-electron chi connectivity index (χ3n) is 3.39. The van der Waals surface area contributed by atoms with Crippen molar-refractivity contribution in [1.82, 2.24) is 5.32 Å². The van der Waals surface area contributed by atoms with Gasteiger partial charge in [-0.2, -0.15) is 0 Å². The summed E-state index contributed by atoms with van der Waals surface area (Å²) in [6, 6.07) is 9.97. The average molecular weight is 349 g/mol. The van der Waals surface area contributed by atoms with Crippen LogP contribution in [0.1, 0.15) is 18.0 Å². The van der Waals surface area contributed by atoms with E-state index in [1.54, 1.807) is 0 Å². The molecule has 2 rings (SSSR count). The summed E-state index contributed by atoms with van der Waals surface area (Å²) in [5, 5.41) is 2.64. The summed E-state index contributed by atoms with van der Waals surface area (Å²) in [6.07, 6.45) is -0.107. The highest BCUT2D eigenvalue weighted by atomic mass is 19.1. The van der Waals surface area contributed by atoms with Gasteiger partial charge in [0.25, 0.3) is 5.91 Å². The van der Waals surface area contributed by atoms with E-state index in [0.29, 0.717) is 11.3 Å². The second kappa shape index (κ2) is 8.77. The highest BCUT2D eigenvalue weighted by Crippen LogP contribution is 2.18. The first-order valence-corrected chi connectivity index (χ1v) is 7.48. The number of hydrogen-bond acceptors (Lipinski definition) is 4. The van der Waals surface area contributed by atoms with Crippen molar-refractivity contribution < 1.29 is 27.8 Å². The fourth-order valence-electron chi connectivity index (χ4n) is 2.11. The number of ether oxygens (including phenoxy) is 2. The maximum Gasteiger partial charge on any atom is 0.307 e. The highest BCUT2D eigenvalue weighted by molar-refractivity contribution is 5.79. The van der Waals surface area contributed by atoms with Crippen LogP contribution in [-0.2, 0) is 14.3 Å². The lowest BCUT2D eigenvalue weighted by Gasteiger charge is -2.18. The van der Waals surface area contributed by atoms with E-state index in [1.165, 1.54) is 55.6 Å². The SMILES string of the molecule is COC(=O)C[C@H](NC(=O)COc1ccc(F)cc1)c1ccc(F)cc1. The van der Waals surface area contributed by atoms with Gasteiger partial charge in [0, 0.05) is 0 Å². The van der Waals surface area contributed by atoms with Crippen molar-refractivity contribution >= 4 is 11.9 Å². The Balaban J connectivity index is 1.99. The van der Waals surface area contributed by atoms with Crippen LogP contribution in [0, 0.1) is 11.6 Å². The van der Waals surface area contributed by atoms with Crippen LogP contribution in [0.15, 0.2) is 48.5 Å². The minimum absolute atomic E-state index is 0.107. The van der Waals surface area contributed by atoms with Crippen LogP contribution in [0.3, 0.4) is 0 Å². The molecule has 1 N–H and O–H groups in total. The fraction of sp³-hybridized carbons (Fsp3) is 0.222. The summed E-state index contributed by atoms with van der Waals surface area (Å²) in [7, 11) is 1.24. The van der Waals surface area contributed by atoms with Gasteiger partial charge in [-0.1, -0.05) is 12.1 Å². The summed E-state index contributed by atoms with van der Waals surface area (Å²) in [5.41, 5.74) is 0.557. The van der Waals surface area contributed by atoms with Gasteiger partial charge in [-0.3, -0.25) is 9.59 Å². The average Bonchev–Trinajstić information content (AvgIpc) is 2.61. The second-order valence-electron chi connectivity index (χ2n) is 5.19. The van der Waals surface area contributed by atoms with Gasteiger partial charge in [-0.15, -0.1) is 0 Å². The zero-order chi connectivity index (χ0) is 18.2. The lowest BCUT2D eigenvalue weighted by molar-refractivity contribution is -0.141.